The van der Waals surface area contributed by atoms with Crippen molar-refractivity contribution >= 4 is 11.7 Å². The smallest absolute Gasteiger partial charge is 0.102 e. The summed E-state index contributed by atoms with van der Waals surface area (Å²) in [5, 5.41) is 3.38. The lowest BCUT2D eigenvalue weighted by atomic mass is 10.2. The first kappa shape index (κ1) is 14.5. The molecule has 0 aliphatic carbocycles. The maximum absolute atomic E-state index is 5.42. The van der Waals surface area contributed by atoms with Crippen LogP contribution < -0.4 is 5.32 Å². The van der Waals surface area contributed by atoms with Gasteiger partial charge in [-0.15, -0.1) is 0 Å². The largest absolute Gasteiger partial charge is 0.380 e. The van der Waals surface area contributed by atoms with Gasteiger partial charge in [-0.2, -0.15) is 0 Å². The highest BCUT2D eigenvalue weighted by Gasteiger charge is 2.22. The Morgan fingerprint density at radius 1 is 0.947 bits per heavy atom. The van der Waals surface area contributed by atoms with E-state index in [0.29, 0.717) is 12.1 Å². The molecule has 0 aromatic heterocycles. The third kappa shape index (κ3) is 4.58. The van der Waals surface area contributed by atoms with E-state index in [9.17, 15) is 0 Å². The van der Waals surface area contributed by atoms with Crippen LogP contribution in [0.3, 0.4) is 0 Å². The van der Waals surface area contributed by atoms with Crippen molar-refractivity contribution in [3.8, 4) is 0 Å². The molecule has 0 saturated heterocycles. The average molecular weight is 267 g/mol. The Bertz CT molecular complexity index is 310. The van der Waals surface area contributed by atoms with E-state index in [-0.39, 0.29) is 0 Å². The number of nitrogens with one attached hydrogen (secondary N) is 1. The van der Waals surface area contributed by atoms with Gasteiger partial charge in [-0.3, -0.25) is 9.98 Å². The van der Waals surface area contributed by atoms with E-state index >= 15 is 0 Å². The predicted molar refractivity (Wildman–Crippen MR) is 77.0 cm³/mol. The van der Waals surface area contributed by atoms with E-state index in [2.05, 4.69) is 15.3 Å². The Morgan fingerprint density at radius 3 is 1.84 bits per heavy atom. The van der Waals surface area contributed by atoms with Gasteiger partial charge in [0.25, 0.3) is 0 Å². The topological polar surface area (TPSA) is 55.2 Å². The summed E-state index contributed by atoms with van der Waals surface area (Å²) in [6, 6.07) is 0.646. The van der Waals surface area contributed by atoms with Crippen molar-refractivity contribution in [1.29, 1.82) is 0 Å². The molecular formula is C14H25N3O2. The van der Waals surface area contributed by atoms with E-state index in [1.54, 1.807) is 0 Å². The molecule has 2 heterocycles. The Labute approximate surface area is 115 Å². The van der Waals surface area contributed by atoms with Crippen molar-refractivity contribution in [3.05, 3.63) is 0 Å². The molecule has 2 rings (SSSR count). The molecule has 0 bridgehead atoms. The lowest BCUT2D eigenvalue weighted by molar-refractivity contribution is 0.134. The Hall–Kier alpha value is -0.940. The van der Waals surface area contributed by atoms with E-state index in [4.69, 9.17) is 9.47 Å². The van der Waals surface area contributed by atoms with Crippen LogP contribution in [0, 0.1) is 0 Å². The maximum atomic E-state index is 5.42. The van der Waals surface area contributed by atoms with Gasteiger partial charge in [-0.05, 0) is 26.7 Å². The standard InChI is InChI=1S/C14H25N3O2/c1-3-18-9-11-5-7-13(15-11)17-14-8-6-12(16-14)10-19-4-2/h11-12H,3-10H2,1-2H3,(H,15,16,17). The zero-order valence-electron chi connectivity index (χ0n) is 12.0. The van der Waals surface area contributed by atoms with Crippen LogP contribution in [0.1, 0.15) is 39.5 Å². The summed E-state index contributed by atoms with van der Waals surface area (Å²) in [4.78, 5) is 9.29. The average Bonchev–Trinajstić information content (AvgIpc) is 3.04. The lowest BCUT2D eigenvalue weighted by Gasteiger charge is -2.06. The van der Waals surface area contributed by atoms with Gasteiger partial charge in [-0.25, -0.2) is 0 Å². The molecule has 0 amide bonds. The van der Waals surface area contributed by atoms with Crippen LogP contribution in [-0.4, -0.2) is 50.2 Å². The normalized spacial score (nSPS) is 26.4. The minimum Gasteiger partial charge on any atom is -0.380 e. The van der Waals surface area contributed by atoms with Gasteiger partial charge in [0.15, 0.2) is 0 Å². The van der Waals surface area contributed by atoms with E-state index in [0.717, 1.165) is 63.8 Å². The van der Waals surface area contributed by atoms with Crippen molar-refractivity contribution < 1.29 is 9.47 Å². The molecule has 0 aromatic carbocycles. The molecular weight excluding hydrogens is 242 g/mol. The number of aliphatic imine (C=N–C) groups is 2. The minimum absolute atomic E-state index is 0.323. The summed E-state index contributed by atoms with van der Waals surface area (Å²) >= 11 is 0. The van der Waals surface area contributed by atoms with Crippen LogP contribution in [0.5, 0.6) is 0 Å². The second-order valence-electron chi connectivity index (χ2n) is 4.98. The number of nitrogens with zero attached hydrogens (tertiary/aromatic N) is 2. The highest BCUT2D eigenvalue weighted by Crippen LogP contribution is 2.16. The molecule has 2 aliphatic rings. The van der Waals surface area contributed by atoms with Crippen molar-refractivity contribution in [2.75, 3.05) is 26.4 Å². The second kappa shape index (κ2) is 7.60. The molecule has 0 spiro atoms. The quantitative estimate of drug-likeness (QED) is 0.798. The molecule has 0 fully saturated rings. The molecule has 5 nitrogen and oxygen atoms in total. The first-order valence-corrected chi connectivity index (χ1v) is 7.37. The van der Waals surface area contributed by atoms with Gasteiger partial charge in [0.2, 0.25) is 0 Å². The molecule has 2 atom stereocenters. The number of hydrogen-bond acceptors (Lipinski definition) is 5. The fraction of sp³-hybridized carbons (Fsp3) is 0.857. The highest BCUT2D eigenvalue weighted by atomic mass is 16.5. The van der Waals surface area contributed by atoms with Gasteiger partial charge < -0.3 is 14.8 Å². The molecule has 2 unspecified atom stereocenters. The summed E-state index contributed by atoms with van der Waals surface area (Å²) in [6.07, 6.45) is 4.18. The van der Waals surface area contributed by atoms with Gasteiger partial charge in [0, 0.05) is 26.1 Å². The molecule has 0 radical (unpaired) electrons. The van der Waals surface area contributed by atoms with Gasteiger partial charge in [-0.1, -0.05) is 0 Å². The molecule has 0 aromatic rings. The van der Waals surface area contributed by atoms with Crippen LogP contribution in [0.4, 0.5) is 0 Å². The third-order valence-electron chi connectivity index (χ3n) is 3.42. The van der Waals surface area contributed by atoms with Gasteiger partial charge in [0.1, 0.15) is 11.7 Å². The van der Waals surface area contributed by atoms with Crippen LogP contribution >= 0.6 is 0 Å². The van der Waals surface area contributed by atoms with Crippen LogP contribution in [0.25, 0.3) is 0 Å². The van der Waals surface area contributed by atoms with Crippen LogP contribution in [0.15, 0.2) is 9.98 Å². The van der Waals surface area contributed by atoms with Crippen LogP contribution in [-0.2, 0) is 9.47 Å². The molecule has 2 aliphatic heterocycles. The highest BCUT2D eigenvalue weighted by molar-refractivity contribution is 6.02. The number of amidine groups is 2. The first-order chi connectivity index (χ1) is 9.31. The lowest BCUT2D eigenvalue weighted by Crippen LogP contribution is -2.27. The number of hydrogen-bond donors (Lipinski definition) is 1. The molecule has 0 saturated carbocycles. The maximum Gasteiger partial charge on any atom is 0.102 e. The summed E-state index contributed by atoms with van der Waals surface area (Å²) in [5.74, 6) is 2.14. The van der Waals surface area contributed by atoms with Gasteiger partial charge >= 0.3 is 0 Å². The van der Waals surface area contributed by atoms with Crippen LogP contribution in [0.2, 0.25) is 0 Å². The first-order valence-electron chi connectivity index (χ1n) is 7.37. The Kier molecular flexibility index (Phi) is 5.79. The van der Waals surface area contributed by atoms with Gasteiger partial charge in [0.05, 0.1) is 25.3 Å². The van der Waals surface area contributed by atoms with E-state index in [1.807, 2.05) is 13.8 Å². The number of ether oxygens (including phenoxy) is 2. The molecule has 5 heteroatoms. The summed E-state index contributed by atoms with van der Waals surface area (Å²) in [6.45, 7) is 7.04. The summed E-state index contributed by atoms with van der Waals surface area (Å²) in [7, 11) is 0. The second-order valence-corrected chi connectivity index (χ2v) is 4.98. The van der Waals surface area contributed by atoms with Crippen molar-refractivity contribution in [1.82, 2.24) is 5.32 Å². The van der Waals surface area contributed by atoms with Crippen molar-refractivity contribution in [3.63, 3.8) is 0 Å². The zero-order valence-corrected chi connectivity index (χ0v) is 12.0. The zero-order chi connectivity index (χ0) is 13.5. The predicted octanol–water partition coefficient (Wildman–Crippen LogP) is 1.77. The third-order valence-corrected chi connectivity index (χ3v) is 3.42. The Morgan fingerprint density at radius 2 is 1.42 bits per heavy atom. The van der Waals surface area contributed by atoms with Crippen molar-refractivity contribution in [2.45, 2.75) is 51.6 Å². The van der Waals surface area contributed by atoms with E-state index in [1.165, 1.54) is 0 Å². The minimum atomic E-state index is 0.323. The van der Waals surface area contributed by atoms with E-state index < -0.39 is 0 Å². The van der Waals surface area contributed by atoms with Crippen molar-refractivity contribution in [2.24, 2.45) is 9.98 Å². The monoisotopic (exact) mass is 267 g/mol. The summed E-state index contributed by atoms with van der Waals surface area (Å²) in [5.41, 5.74) is 0. The fourth-order valence-electron chi connectivity index (χ4n) is 2.41. The number of rotatable bonds is 6. The fourth-order valence-corrected chi connectivity index (χ4v) is 2.41. The SMILES string of the molecule is CCOCC1CCC(NC2=NC(COCC)CC2)=N1. The summed E-state index contributed by atoms with van der Waals surface area (Å²) < 4.78 is 10.8. The Balaban J connectivity index is 1.76. The molecule has 1 N–H and O–H groups in total. The molecule has 19 heavy (non-hydrogen) atoms. The molecule has 108 valence electrons.